The summed E-state index contributed by atoms with van der Waals surface area (Å²) >= 11 is 0. The number of carbonyl (C=O) groups is 2. The zero-order valence-corrected chi connectivity index (χ0v) is 9.02. The Hall–Kier alpha value is -1.32. The summed E-state index contributed by atoms with van der Waals surface area (Å²) in [6, 6.07) is 0.0981. The van der Waals surface area contributed by atoms with Crippen LogP contribution in [0.4, 0.5) is 0 Å². The van der Waals surface area contributed by atoms with Crippen molar-refractivity contribution < 1.29 is 14.7 Å². The summed E-state index contributed by atoms with van der Waals surface area (Å²) in [6.07, 6.45) is 1.92. The van der Waals surface area contributed by atoms with Gasteiger partial charge in [-0.2, -0.15) is 0 Å². The van der Waals surface area contributed by atoms with Gasteiger partial charge in [-0.05, 0) is 12.8 Å². The number of amides is 1. The quantitative estimate of drug-likeness (QED) is 0.690. The van der Waals surface area contributed by atoms with Crippen LogP contribution in [0.3, 0.4) is 0 Å². The lowest BCUT2D eigenvalue weighted by Gasteiger charge is -2.26. The molecule has 0 saturated heterocycles. The van der Waals surface area contributed by atoms with Crippen molar-refractivity contribution in [2.75, 3.05) is 7.05 Å². The Labute approximate surface area is 84.2 Å². The second-order valence-corrected chi connectivity index (χ2v) is 3.61. The molecule has 4 nitrogen and oxygen atoms in total. The van der Waals surface area contributed by atoms with E-state index >= 15 is 0 Å². The Morgan fingerprint density at radius 3 is 2.07 bits per heavy atom. The molecule has 0 aromatic heterocycles. The SMILES string of the molecule is CC(C)C(C)N(C)C(=O)/C=C/C(=O)O. The summed E-state index contributed by atoms with van der Waals surface area (Å²) in [5, 5.41) is 8.33. The summed E-state index contributed by atoms with van der Waals surface area (Å²) < 4.78 is 0. The number of rotatable bonds is 4. The summed E-state index contributed by atoms with van der Waals surface area (Å²) in [5.41, 5.74) is 0. The van der Waals surface area contributed by atoms with E-state index in [0.717, 1.165) is 12.2 Å². The largest absolute Gasteiger partial charge is 0.478 e. The van der Waals surface area contributed by atoms with Crippen molar-refractivity contribution >= 4 is 11.9 Å². The number of likely N-dealkylation sites (N-methyl/N-ethyl adjacent to an activating group) is 1. The van der Waals surface area contributed by atoms with E-state index in [9.17, 15) is 9.59 Å². The van der Waals surface area contributed by atoms with Gasteiger partial charge in [-0.1, -0.05) is 13.8 Å². The predicted molar refractivity (Wildman–Crippen MR) is 53.8 cm³/mol. The van der Waals surface area contributed by atoms with E-state index < -0.39 is 5.97 Å². The Kier molecular flexibility index (Phi) is 4.91. The van der Waals surface area contributed by atoms with Gasteiger partial charge in [-0.25, -0.2) is 4.79 Å². The van der Waals surface area contributed by atoms with Gasteiger partial charge in [0.25, 0.3) is 0 Å². The summed E-state index contributed by atoms with van der Waals surface area (Å²) in [4.78, 5) is 23.1. The molecule has 0 aliphatic rings. The molecule has 0 radical (unpaired) electrons. The van der Waals surface area contributed by atoms with Crippen LogP contribution in [0.15, 0.2) is 12.2 Å². The monoisotopic (exact) mass is 199 g/mol. The van der Waals surface area contributed by atoms with Crippen molar-refractivity contribution in [1.82, 2.24) is 4.90 Å². The molecule has 0 rings (SSSR count). The van der Waals surface area contributed by atoms with Crippen LogP contribution in [0.25, 0.3) is 0 Å². The molecule has 0 aliphatic heterocycles. The van der Waals surface area contributed by atoms with Crippen LogP contribution in [0.1, 0.15) is 20.8 Å². The van der Waals surface area contributed by atoms with Gasteiger partial charge in [0.05, 0.1) is 0 Å². The molecule has 1 atom stereocenters. The van der Waals surface area contributed by atoms with Crippen molar-refractivity contribution in [3.05, 3.63) is 12.2 Å². The van der Waals surface area contributed by atoms with Crippen LogP contribution < -0.4 is 0 Å². The average Bonchev–Trinajstić information content (AvgIpc) is 2.11. The van der Waals surface area contributed by atoms with Crippen molar-refractivity contribution in [2.24, 2.45) is 5.92 Å². The first-order chi connectivity index (χ1) is 6.36. The molecule has 0 bridgehead atoms. The van der Waals surface area contributed by atoms with Gasteiger partial charge in [0.15, 0.2) is 0 Å². The maximum absolute atomic E-state index is 11.4. The topological polar surface area (TPSA) is 57.6 Å². The van der Waals surface area contributed by atoms with Gasteiger partial charge in [-0.15, -0.1) is 0 Å². The van der Waals surface area contributed by atoms with Crippen LogP contribution in [0.2, 0.25) is 0 Å². The van der Waals surface area contributed by atoms with Crippen LogP contribution in [-0.4, -0.2) is 35.0 Å². The number of carboxylic acids is 1. The van der Waals surface area contributed by atoms with Gasteiger partial charge in [-0.3, -0.25) is 4.79 Å². The molecule has 0 spiro atoms. The van der Waals surface area contributed by atoms with Gasteiger partial charge in [0.2, 0.25) is 5.91 Å². The van der Waals surface area contributed by atoms with Crippen LogP contribution in [0.5, 0.6) is 0 Å². The van der Waals surface area contributed by atoms with Crippen LogP contribution in [0, 0.1) is 5.92 Å². The fraction of sp³-hybridized carbons (Fsp3) is 0.600. The third kappa shape index (κ3) is 4.07. The Bertz CT molecular complexity index is 246. The lowest BCUT2D eigenvalue weighted by atomic mass is 10.1. The molecule has 80 valence electrons. The fourth-order valence-corrected chi connectivity index (χ4v) is 0.908. The second kappa shape index (κ2) is 5.42. The van der Waals surface area contributed by atoms with E-state index in [1.54, 1.807) is 7.05 Å². The Morgan fingerprint density at radius 2 is 1.71 bits per heavy atom. The smallest absolute Gasteiger partial charge is 0.328 e. The van der Waals surface area contributed by atoms with Gasteiger partial charge in [0.1, 0.15) is 0 Å². The van der Waals surface area contributed by atoms with E-state index in [4.69, 9.17) is 5.11 Å². The number of carboxylic acid groups (broad SMARTS) is 1. The first kappa shape index (κ1) is 12.7. The predicted octanol–water partition coefficient (Wildman–Crippen LogP) is 1.13. The molecule has 0 aromatic carbocycles. The summed E-state index contributed by atoms with van der Waals surface area (Å²) in [7, 11) is 1.67. The number of aliphatic carboxylic acids is 1. The Morgan fingerprint density at radius 1 is 1.21 bits per heavy atom. The van der Waals surface area contributed by atoms with Gasteiger partial charge >= 0.3 is 5.97 Å². The molecule has 1 amide bonds. The van der Waals surface area contributed by atoms with Crippen molar-refractivity contribution in [2.45, 2.75) is 26.8 Å². The lowest BCUT2D eigenvalue weighted by molar-refractivity contribution is -0.132. The van der Waals surface area contributed by atoms with E-state index in [1.807, 2.05) is 20.8 Å². The number of carbonyl (C=O) groups excluding carboxylic acids is 1. The van der Waals surface area contributed by atoms with Crippen LogP contribution >= 0.6 is 0 Å². The second-order valence-electron chi connectivity index (χ2n) is 3.61. The molecule has 4 heteroatoms. The highest BCUT2D eigenvalue weighted by atomic mass is 16.4. The molecule has 1 N–H and O–H groups in total. The number of hydrogen-bond donors (Lipinski definition) is 1. The Balaban J connectivity index is 4.32. The fourth-order valence-electron chi connectivity index (χ4n) is 0.908. The number of hydrogen-bond acceptors (Lipinski definition) is 2. The molecule has 14 heavy (non-hydrogen) atoms. The van der Waals surface area contributed by atoms with Gasteiger partial charge in [0, 0.05) is 25.2 Å². The minimum atomic E-state index is -1.11. The molecular formula is C10H17NO3. The highest BCUT2D eigenvalue weighted by molar-refractivity contribution is 5.93. The van der Waals surface area contributed by atoms with Crippen molar-refractivity contribution in [3.8, 4) is 0 Å². The van der Waals surface area contributed by atoms with Crippen molar-refractivity contribution in [1.29, 1.82) is 0 Å². The van der Waals surface area contributed by atoms with E-state index in [0.29, 0.717) is 5.92 Å². The summed E-state index contributed by atoms with van der Waals surface area (Å²) in [6.45, 7) is 5.95. The molecule has 0 saturated carbocycles. The maximum atomic E-state index is 11.4. The highest BCUT2D eigenvalue weighted by Gasteiger charge is 2.16. The summed E-state index contributed by atoms with van der Waals surface area (Å²) in [5.74, 6) is -1.04. The third-order valence-corrected chi connectivity index (χ3v) is 2.29. The van der Waals surface area contributed by atoms with Crippen molar-refractivity contribution in [3.63, 3.8) is 0 Å². The van der Waals surface area contributed by atoms with E-state index in [1.165, 1.54) is 4.90 Å². The molecule has 0 heterocycles. The van der Waals surface area contributed by atoms with Gasteiger partial charge < -0.3 is 10.0 Å². The minimum Gasteiger partial charge on any atom is -0.478 e. The zero-order valence-electron chi connectivity index (χ0n) is 9.02. The maximum Gasteiger partial charge on any atom is 0.328 e. The lowest BCUT2D eigenvalue weighted by Crippen LogP contribution is -2.37. The van der Waals surface area contributed by atoms with Crippen LogP contribution in [-0.2, 0) is 9.59 Å². The molecule has 0 aliphatic carbocycles. The third-order valence-electron chi connectivity index (χ3n) is 2.29. The first-order valence-electron chi connectivity index (χ1n) is 4.54. The average molecular weight is 199 g/mol. The standard InChI is InChI=1S/C10H17NO3/c1-7(2)8(3)11(4)9(12)5-6-10(13)14/h5-8H,1-4H3,(H,13,14)/b6-5+. The molecule has 1 unspecified atom stereocenters. The highest BCUT2D eigenvalue weighted by Crippen LogP contribution is 2.08. The van der Waals surface area contributed by atoms with E-state index in [2.05, 4.69) is 0 Å². The molecule has 0 fully saturated rings. The first-order valence-corrected chi connectivity index (χ1v) is 4.54. The zero-order chi connectivity index (χ0) is 11.3. The minimum absolute atomic E-state index is 0.0981. The number of nitrogens with zero attached hydrogens (tertiary/aromatic N) is 1. The normalized spacial score (nSPS) is 13.2. The molecule has 0 aromatic rings. The van der Waals surface area contributed by atoms with E-state index in [-0.39, 0.29) is 11.9 Å². The molecular weight excluding hydrogens is 182 g/mol.